The molecule has 0 atom stereocenters. The van der Waals surface area contributed by atoms with Gasteiger partial charge in [-0.3, -0.25) is 14.6 Å². The number of hydrogen-bond acceptors (Lipinski definition) is 6. The maximum atomic E-state index is 14.2. The molecule has 2 amide bonds. The topological polar surface area (TPSA) is 125 Å². The van der Waals surface area contributed by atoms with Crippen LogP contribution < -0.4 is 26.0 Å². The Hall–Kier alpha value is -4.60. The number of rotatable bonds is 6. The summed E-state index contributed by atoms with van der Waals surface area (Å²) >= 11 is 0. The lowest BCUT2D eigenvalue weighted by Gasteiger charge is -2.17. The Labute approximate surface area is 200 Å². The van der Waals surface area contributed by atoms with Crippen molar-refractivity contribution in [1.29, 1.82) is 0 Å². The Morgan fingerprint density at radius 2 is 1.97 bits per heavy atom. The van der Waals surface area contributed by atoms with Crippen molar-refractivity contribution in [2.24, 2.45) is 5.73 Å². The summed E-state index contributed by atoms with van der Waals surface area (Å²) in [5, 5.41) is 7.15. The maximum Gasteiger partial charge on any atom is 0.253 e. The Morgan fingerprint density at radius 3 is 2.71 bits per heavy atom. The van der Waals surface area contributed by atoms with Crippen LogP contribution in [0.2, 0.25) is 0 Å². The highest BCUT2D eigenvalue weighted by atomic mass is 19.1. The molecule has 5 rings (SSSR count). The number of benzene rings is 2. The van der Waals surface area contributed by atoms with Gasteiger partial charge in [0.05, 0.1) is 47.6 Å². The van der Waals surface area contributed by atoms with E-state index >= 15 is 0 Å². The highest BCUT2D eigenvalue weighted by molar-refractivity contribution is 6.02. The van der Waals surface area contributed by atoms with Gasteiger partial charge in [-0.2, -0.15) is 0 Å². The van der Waals surface area contributed by atoms with E-state index in [1.807, 2.05) is 18.2 Å². The quantitative estimate of drug-likeness (QED) is 0.332. The number of fused-ring (bicyclic) bond motifs is 2. The lowest BCUT2D eigenvalue weighted by Crippen LogP contribution is -2.25. The van der Waals surface area contributed by atoms with Crippen molar-refractivity contribution in [2.45, 2.75) is 13.3 Å². The van der Waals surface area contributed by atoms with Crippen molar-refractivity contribution < 1.29 is 18.7 Å². The van der Waals surface area contributed by atoms with Crippen LogP contribution in [0, 0.1) is 5.82 Å². The number of nitrogens with two attached hydrogens (primary N) is 1. The van der Waals surface area contributed by atoms with Crippen molar-refractivity contribution in [3.8, 4) is 5.75 Å². The van der Waals surface area contributed by atoms with Gasteiger partial charge >= 0.3 is 0 Å². The molecule has 0 unspecified atom stereocenters. The van der Waals surface area contributed by atoms with Crippen LogP contribution in [-0.4, -0.2) is 35.4 Å². The number of methoxy groups -OCH3 is 1. The third-order valence-corrected chi connectivity index (χ3v) is 6.02. The molecule has 0 saturated heterocycles. The third-order valence-electron chi connectivity index (χ3n) is 6.02. The van der Waals surface area contributed by atoms with E-state index < -0.39 is 11.7 Å². The molecule has 178 valence electrons. The smallest absolute Gasteiger partial charge is 0.253 e. The maximum absolute atomic E-state index is 14.2. The van der Waals surface area contributed by atoms with Gasteiger partial charge in [-0.1, -0.05) is 6.07 Å². The van der Waals surface area contributed by atoms with Crippen LogP contribution in [0.4, 0.5) is 33.0 Å². The summed E-state index contributed by atoms with van der Waals surface area (Å²) < 4.78 is 19.8. The first-order chi connectivity index (χ1) is 16.9. The van der Waals surface area contributed by atoms with E-state index in [9.17, 15) is 14.0 Å². The molecule has 2 aromatic heterocycles. The fourth-order valence-corrected chi connectivity index (χ4v) is 4.40. The average molecular weight is 474 g/mol. The molecule has 5 N–H and O–H groups in total. The fraction of sp³-hybridized carbons (Fsp3) is 0.160. The standard InChI is InChI=1S/C25H23FN6O3/c1-13(33)32-7-6-14-8-22(35-2)18(10-21(14)32)30-23-9-15-19(11-28-12-20(15)31-23)29-17-5-3-4-16(26)24(17)25(27)34/h3-5,8-12,29-31H,6-7H2,1-2H3,(H2,27,34). The predicted octanol–water partition coefficient (Wildman–Crippen LogP) is 4.21. The van der Waals surface area contributed by atoms with E-state index in [1.165, 1.54) is 12.1 Å². The minimum absolute atomic E-state index is 0.0139. The second-order valence-electron chi connectivity index (χ2n) is 8.21. The number of ether oxygens (including phenoxy) is 1. The number of aromatic amines is 1. The summed E-state index contributed by atoms with van der Waals surface area (Å²) in [6.07, 6.45) is 4.01. The van der Waals surface area contributed by atoms with E-state index in [0.717, 1.165) is 23.1 Å². The minimum Gasteiger partial charge on any atom is -0.495 e. The molecular formula is C25H23FN6O3. The van der Waals surface area contributed by atoms with Gasteiger partial charge < -0.3 is 31.0 Å². The number of nitrogens with zero attached hydrogens (tertiary/aromatic N) is 2. The van der Waals surface area contributed by atoms with E-state index in [0.29, 0.717) is 35.0 Å². The summed E-state index contributed by atoms with van der Waals surface area (Å²) in [6, 6.07) is 9.94. The number of anilines is 5. The molecule has 2 aromatic carbocycles. The zero-order valence-electron chi connectivity index (χ0n) is 19.1. The van der Waals surface area contributed by atoms with E-state index in [-0.39, 0.29) is 17.2 Å². The molecular weight excluding hydrogens is 451 g/mol. The Balaban J connectivity index is 1.50. The van der Waals surface area contributed by atoms with Crippen molar-refractivity contribution >= 4 is 51.3 Å². The Bertz CT molecular complexity index is 1480. The number of amides is 2. The summed E-state index contributed by atoms with van der Waals surface area (Å²) in [5.74, 6) is -0.293. The fourth-order valence-electron chi connectivity index (χ4n) is 4.40. The van der Waals surface area contributed by atoms with Crippen molar-refractivity contribution in [2.75, 3.05) is 29.2 Å². The molecule has 1 aliphatic rings. The molecule has 0 radical (unpaired) electrons. The second kappa shape index (κ2) is 8.64. The van der Waals surface area contributed by atoms with Gasteiger partial charge in [-0.15, -0.1) is 0 Å². The number of nitrogens with one attached hydrogen (secondary N) is 3. The van der Waals surface area contributed by atoms with Gasteiger partial charge in [0, 0.05) is 24.5 Å². The summed E-state index contributed by atoms with van der Waals surface area (Å²) in [4.78, 5) is 33.0. The van der Waals surface area contributed by atoms with Crippen molar-refractivity contribution in [1.82, 2.24) is 9.97 Å². The highest BCUT2D eigenvalue weighted by Gasteiger charge is 2.24. The molecule has 10 heteroatoms. The second-order valence-corrected chi connectivity index (χ2v) is 8.21. The normalized spacial score (nSPS) is 12.5. The number of pyridine rings is 1. The van der Waals surface area contributed by atoms with Crippen LogP contribution in [0.1, 0.15) is 22.8 Å². The first-order valence-corrected chi connectivity index (χ1v) is 10.9. The summed E-state index contributed by atoms with van der Waals surface area (Å²) in [6.45, 7) is 2.19. The Kier molecular flexibility index (Phi) is 5.48. The van der Waals surface area contributed by atoms with Crippen LogP contribution in [0.15, 0.2) is 48.8 Å². The average Bonchev–Trinajstić information content (AvgIpc) is 3.42. The monoisotopic (exact) mass is 474 g/mol. The van der Waals surface area contributed by atoms with Crippen LogP contribution in [0.25, 0.3) is 10.9 Å². The molecule has 0 aliphatic carbocycles. The molecule has 3 heterocycles. The number of hydrogen-bond donors (Lipinski definition) is 4. The molecule has 0 spiro atoms. The zero-order valence-corrected chi connectivity index (χ0v) is 19.1. The predicted molar refractivity (Wildman–Crippen MR) is 132 cm³/mol. The molecule has 35 heavy (non-hydrogen) atoms. The van der Waals surface area contributed by atoms with Crippen molar-refractivity contribution in [3.05, 3.63) is 65.7 Å². The van der Waals surface area contributed by atoms with Crippen LogP contribution in [0.3, 0.4) is 0 Å². The molecule has 0 fully saturated rings. The molecule has 1 aliphatic heterocycles. The first-order valence-electron chi connectivity index (χ1n) is 10.9. The van der Waals surface area contributed by atoms with Crippen LogP contribution in [-0.2, 0) is 11.2 Å². The van der Waals surface area contributed by atoms with Gasteiger partial charge in [0.25, 0.3) is 5.91 Å². The van der Waals surface area contributed by atoms with Gasteiger partial charge in [-0.25, -0.2) is 4.39 Å². The largest absolute Gasteiger partial charge is 0.495 e. The lowest BCUT2D eigenvalue weighted by molar-refractivity contribution is -0.116. The van der Waals surface area contributed by atoms with Crippen LogP contribution in [0.5, 0.6) is 5.75 Å². The first kappa shape index (κ1) is 22.2. The number of H-pyrrole nitrogens is 1. The summed E-state index contributed by atoms with van der Waals surface area (Å²) in [5.41, 5.74) is 9.26. The number of halogens is 1. The minimum atomic E-state index is -0.870. The highest BCUT2D eigenvalue weighted by Crippen LogP contribution is 2.39. The third kappa shape index (κ3) is 3.99. The van der Waals surface area contributed by atoms with Gasteiger partial charge in [0.1, 0.15) is 17.4 Å². The van der Waals surface area contributed by atoms with Gasteiger partial charge in [0.2, 0.25) is 5.91 Å². The molecule has 9 nitrogen and oxygen atoms in total. The van der Waals surface area contributed by atoms with Gasteiger partial charge in [0.15, 0.2) is 0 Å². The van der Waals surface area contributed by atoms with E-state index in [4.69, 9.17) is 10.5 Å². The van der Waals surface area contributed by atoms with Gasteiger partial charge in [-0.05, 0) is 42.3 Å². The molecule has 0 bridgehead atoms. The lowest BCUT2D eigenvalue weighted by atomic mass is 10.1. The molecule has 4 aromatic rings. The number of aromatic nitrogens is 2. The van der Waals surface area contributed by atoms with E-state index in [2.05, 4.69) is 20.6 Å². The van der Waals surface area contributed by atoms with E-state index in [1.54, 1.807) is 37.4 Å². The Morgan fingerprint density at radius 1 is 1.14 bits per heavy atom. The molecule has 0 saturated carbocycles. The number of carbonyl (C=O) groups excluding carboxylic acids is 2. The number of carbonyl (C=O) groups is 2. The zero-order chi connectivity index (χ0) is 24.7. The summed E-state index contributed by atoms with van der Waals surface area (Å²) in [7, 11) is 1.59. The SMILES string of the molecule is COc1cc2c(cc1Nc1cc3c(Nc4cccc(F)c4C(N)=O)cncc3[nH]1)N(C(C)=O)CC2. The van der Waals surface area contributed by atoms with Crippen LogP contribution >= 0.6 is 0 Å². The van der Waals surface area contributed by atoms with Crippen molar-refractivity contribution in [3.63, 3.8) is 0 Å². The number of primary amides is 1.